The lowest BCUT2D eigenvalue weighted by Gasteiger charge is -2.20. The van der Waals surface area contributed by atoms with Crippen molar-refractivity contribution in [3.63, 3.8) is 0 Å². The summed E-state index contributed by atoms with van der Waals surface area (Å²) >= 11 is 0. The molecule has 0 saturated heterocycles. The minimum absolute atomic E-state index is 0.0687. The fourth-order valence-corrected chi connectivity index (χ4v) is 3.20. The SMILES string of the molecule is C[C@](N)(C(=O)O)c1ccc(Nc2nc(-c3c(F)cccc3F)nc3c2C(=O)NC3)cc1. The first kappa shape index (κ1) is 20.4. The van der Waals surface area contributed by atoms with E-state index >= 15 is 0 Å². The molecule has 158 valence electrons. The first-order valence-electron chi connectivity index (χ1n) is 9.22. The molecule has 0 spiro atoms. The number of nitrogens with two attached hydrogens (primary N) is 1. The second-order valence-electron chi connectivity index (χ2n) is 7.21. The normalized spacial score (nSPS) is 14.5. The van der Waals surface area contributed by atoms with Crippen LogP contribution in [0.3, 0.4) is 0 Å². The number of fused-ring (bicyclic) bond motifs is 1. The van der Waals surface area contributed by atoms with Crippen molar-refractivity contribution in [3.05, 3.63) is 70.9 Å². The highest BCUT2D eigenvalue weighted by atomic mass is 19.1. The van der Waals surface area contributed by atoms with Gasteiger partial charge in [0.05, 0.1) is 17.8 Å². The van der Waals surface area contributed by atoms with E-state index in [-0.39, 0.29) is 23.8 Å². The van der Waals surface area contributed by atoms with Crippen LogP contribution in [0.2, 0.25) is 0 Å². The van der Waals surface area contributed by atoms with E-state index in [2.05, 4.69) is 20.6 Å². The first-order chi connectivity index (χ1) is 14.7. The molecular weight excluding hydrogens is 408 g/mol. The van der Waals surface area contributed by atoms with Gasteiger partial charge in [0.15, 0.2) is 5.82 Å². The summed E-state index contributed by atoms with van der Waals surface area (Å²) in [6.07, 6.45) is 0. The monoisotopic (exact) mass is 425 g/mol. The lowest BCUT2D eigenvalue weighted by Crippen LogP contribution is -2.41. The lowest BCUT2D eigenvalue weighted by atomic mass is 9.93. The number of hydrogen-bond donors (Lipinski definition) is 4. The number of aromatic nitrogens is 2. The van der Waals surface area contributed by atoms with Crippen molar-refractivity contribution in [1.29, 1.82) is 0 Å². The summed E-state index contributed by atoms with van der Waals surface area (Å²) in [5, 5.41) is 14.8. The van der Waals surface area contributed by atoms with Crippen molar-refractivity contribution in [2.24, 2.45) is 5.73 Å². The van der Waals surface area contributed by atoms with Gasteiger partial charge in [-0.15, -0.1) is 0 Å². The Balaban J connectivity index is 1.76. The standard InChI is InChI=1S/C21H17F2N5O3/c1-21(24,20(30)31)10-5-7-11(8-6-10)26-18-16-14(9-25-19(16)29)27-17(28-18)15-12(22)3-2-4-13(15)23/h2-8H,9,24H2,1H3,(H,25,29)(H,30,31)(H,26,27,28)/t21-/m1/s1. The van der Waals surface area contributed by atoms with Gasteiger partial charge in [-0.3, -0.25) is 4.79 Å². The molecule has 10 heteroatoms. The third kappa shape index (κ3) is 3.57. The molecular formula is C21H17F2N5O3. The van der Waals surface area contributed by atoms with E-state index in [0.29, 0.717) is 16.9 Å². The molecule has 1 amide bonds. The quantitative estimate of drug-likeness (QED) is 0.494. The van der Waals surface area contributed by atoms with Crippen molar-refractivity contribution in [2.45, 2.75) is 19.0 Å². The topological polar surface area (TPSA) is 130 Å². The summed E-state index contributed by atoms with van der Waals surface area (Å²) in [4.78, 5) is 32.0. The minimum atomic E-state index is -1.58. The Hall–Kier alpha value is -3.92. The maximum Gasteiger partial charge on any atom is 0.328 e. The van der Waals surface area contributed by atoms with E-state index in [1.165, 1.54) is 25.1 Å². The van der Waals surface area contributed by atoms with Crippen molar-refractivity contribution in [2.75, 3.05) is 5.32 Å². The van der Waals surface area contributed by atoms with Crippen LogP contribution in [0.25, 0.3) is 11.4 Å². The zero-order chi connectivity index (χ0) is 22.3. The maximum absolute atomic E-state index is 14.3. The number of benzene rings is 2. The molecule has 3 aromatic rings. The van der Waals surface area contributed by atoms with Crippen LogP contribution < -0.4 is 16.4 Å². The Labute approximate surface area is 175 Å². The number of carbonyl (C=O) groups excluding carboxylic acids is 1. The fourth-order valence-electron chi connectivity index (χ4n) is 3.20. The molecule has 1 aliphatic heterocycles. The molecule has 31 heavy (non-hydrogen) atoms. The van der Waals surface area contributed by atoms with Crippen molar-refractivity contribution < 1.29 is 23.5 Å². The van der Waals surface area contributed by atoms with E-state index in [1.54, 1.807) is 12.1 Å². The Morgan fingerprint density at radius 1 is 1.13 bits per heavy atom. The van der Waals surface area contributed by atoms with E-state index in [4.69, 9.17) is 5.73 Å². The second-order valence-corrected chi connectivity index (χ2v) is 7.21. The van der Waals surface area contributed by atoms with Crippen LogP contribution in [-0.4, -0.2) is 27.0 Å². The number of carbonyl (C=O) groups is 2. The van der Waals surface area contributed by atoms with Gasteiger partial charge in [0.2, 0.25) is 0 Å². The Kier molecular flexibility index (Phi) is 4.86. The summed E-state index contributed by atoms with van der Waals surface area (Å²) in [7, 11) is 0. The van der Waals surface area contributed by atoms with Gasteiger partial charge in [0, 0.05) is 5.69 Å². The van der Waals surface area contributed by atoms with Crippen LogP contribution in [-0.2, 0) is 16.9 Å². The van der Waals surface area contributed by atoms with Gasteiger partial charge in [0.25, 0.3) is 5.91 Å². The summed E-state index contributed by atoms with van der Waals surface area (Å²) < 4.78 is 28.5. The highest BCUT2D eigenvalue weighted by Crippen LogP contribution is 2.31. The summed E-state index contributed by atoms with van der Waals surface area (Å²) in [5.74, 6) is -3.40. The minimum Gasteiger partial charge on any atom is -0.480 e. The van der Waals surface area contributed by atoms with E-state index in [1.807, 2.05) is 0 Å². The largest absolute Gasteiger partial charge is 0.480 e. The van der Waals surface area contributed by atoms with Crippen LogP contribution in [0.15, 0.2) is 42.5 Å². The Bertz CT molecular complexity index is 1190. The van der Waals surface area contributed by atoms with Gasteiger partial charge in [0.1, 0.15) is 28.6 Å². The maximum atomic E-state index is 14.3. The van der Waals surface area contributed by atoms with Crippen LogP contribution >= 0.6 is 0 Å². The number of nitrogens with one attached hydrogen (secondary N) is 2. The lowest BCUT2D eigenvalue weighted by molar-refractivity contribution is -0.143. The second kappa shape index (κ2) is 7.40. The Morgan fingerprint density at radius 3 is 2.39 bits per heavy atom. The number of nitrogens with zero attached hydrogens (tertiary/aromatic N) is 2. The molecule has 4 rings (SSSR count). The zero-order valence-electron chi connectivity index (χ0n) is 16.2. The predicted octanol–water partition coefficient (Wildman–Crippen LogP) is 2.67. The van der Waals surface area contributed by atoms with E-state index in [9.17, 15) is 23.5 Å². The molecule has 1 aromatic heterocycles. The van der Waals surface area contributed by atoms with E-state index in [0.717, 1.165) is 12.1 Å². The number of carboxylic acid groups (broad SMARTS) is 1. The third-order valence-electron chi connectivity index (χ3n) is 5.01. The molecule has 0 aliphatic carbocycles. The molecule has 0 fully saturated rings. The smallest absolute Gasteiger partial charge is 0.328 e. The van der Waals surface area contributed by atoms with Crippen molar-refractivity contribution >= 4 is 23.4 Å². The van der Waals surface area contributed by atoms with Crippen LogP contribution in [0.5, 0.6) is 0 Å². The molecule has 8 nitrogen and oxygen atoms in total. The van der Waals surface area contributed by atoms with Crippen LogP contribution in [0.1, 0.15) is 28.5 Å². The molecule has 5 N–H and O–H groups in total. The highest BCUT2D eigenvalue weighted by Gasteiger charge is 2.31. The number of carboxylic acids is 1. The van der Waals surface area contributed by atoms with Crippen LogP contribution in [0.4, 0.5) is 20.3 Å². The number of aliphatic carboxylic acids is 1. The molecule has 1 atom stereocenters. The molecule has 0 unspecified atom stereocenters. The summed E-state index contributed by atoms with van der Waals surface area (Å²) in [5.41, 5.74) is 5.14. The predicted molar refractivity (Wildman–Crippen MR) is 107 cm³/mol. The average molecular weight is 425 g/mol. The van der Waals surface area contributed by atoms with Gasteiger partial charge in [-0.1, -0.05) is 18.2 Å². The highest BCUT2D eigenvalue weighted by molar-refractivity contribution is 6.03. The number of halogens is 2. The summed E-state index contributed by atoms with van der Waals surface area (Å²) in [6.45, 7) is 1.46. The molecule has 2 heterocycles. The molecule has 1 aliphatic rings. The fraction of sp³-hybridized carbons (Fsp3) is 0.143. The van der Waals surface area contributed by atoms with Crippen LogP contribution in [0, 0.1) is 11.6 Å². The van der Waals surface area contributed by atoms with Crippen molar-refractivity contribution in [3.8, 4) is 11.4 Å². The van der Waals surface area contributed by atoms with Gasteiger partial charge >= 0.3 is 5.97 Å². The number of hydrogen-bond acceptors (Lipinski definition) is 6. The Morgan fingerprint density at radius 2 is 1.77 bits per heavy atom. The average Bonchev–Trinajstić information content (AvgIpc) is 3.09. The summed E-state index contributed by atoms with van der Waals surface area (Å²) in [6, 6.07) is 9.59. The van der Waals surface area contributed by atoms with Gasteiger partial charge in [-0.05, 0) is 36.8 Å². The first-order valence-corrected chi connectivity index (χ1v) is 9.22. The van der Waals surface area contributed by atoms with Gasteiger partial charge < -0.3 is 21.5 Å². The van der Waals surface area contributed by atoms with Gasteiger partial charge in [-0.2, -0.15) is 0 Å². The third-order valence-corrected chi connectivity index (χ3v) is 5.01. The van der Waals surface area contributed by atoms with Crippen molar-refractivity contribution in [1.82, 2.24) is 15.3 Å². The van der Waals surface area contributed by atoms with Gasteiger partial charge in [-0.25, -0.2) is 23.5 Å². The number of rotatable bonds is 5. The zero-order valence-corrected chi connectivity index (χ0v) is 16.2. The molecule has 0 radical (unpaired) electrons. The molecule has 0 bridgehead atoms. The van der Waals surface area contributed by atoms with E-state index < -0.39 is 34.6 Å². The number of amides is 1. The number of anilines is 2. The molecule has 2 aromatic carbocycles. The molecule has 0 saturated carbocycles.